The van der Waals surface area contributed by atoms with Gasteiger partial charge in [-0.1, -0.05) is 6.07 Å². The van der Waals surface area contributed by atoms with Crippen LogP contribution >= 0.6 is 0 Å². The van der Waals surface area contributed by atoms with Crippen LogP contribution in [-0.2, 0) is 0 Å². The van der Waals surface area contributed by atoms with Gasteiger partial charge in [0.2, 0.25) is 0 Å². The molecule has 0 heterocycles. The van der Waals surface area contributed by atoms with Crippen molar-refractivity contribution in [1.82, 2.24) is 0 Å². The predicted octanol–water partition coefficient (Wildman–Crippen LogP) is 3.00. The third kappa shape index (κ3) is 3.84. The lowest BCUT2D eigenvalue weighted by Crippen LogP contribution is -2.10. The average molecular weight is 265 g/mol. The van der Waals surface area contributed by atoms with Crippen LogP contribution in [0.5, 0.6) is 11.5 Å². The number of rotatable bonds is 5. The Hall–Kier alpha value is -2.30. The minimum atomic E-state index is -0.606. The van der Waals surface area contributed by atoms with Crippen LogP contribution in [0.15, 0.2) is 42.5 Å². The van der Waals surface area contributed by atoms with E-state index in [-0.39, 0.29) is 19.0 Å². The molecule has 0 fully saturated rings. The van der Waals surface area contributed by atoms with Gasteiger partial charge < -0.3 is 15.2 Å². The number of nitrogens with two attached hydrogens (primary N) is 1. The van der Waals surface area contributed by atoms with E-state index in [0.29, 0.717) is 11.4 Å². The molecule has 5 heteroatoms. The lowest BCUT2D eigenvalue weighted by molar-refractivity contribution is 0.211. The number of hydrogen-bond acceptors (Lipinski definition) is 3. The molecule has 2 aromatic carbocycles. The molecule has 0 bridgehead atoms. The number of ether oxygens (including phenoxy) is 2. The molecular formula is C14H13F2NO2. The molecule has 0 saturated carbocycles. The molecule has 3 nitrogen and oxygen atoms in total. The molecule has 0 saturated heterocycles. The number of nitrogen functional groups attached to an aromatic ring is 1. The van der Waals surface area contributed by atoms with Crippen molar-refractivity contribution < 1.29 is 18.3 Å². The van der Waals surface area contributed by atoms with Gasteiger partial charge in [-0.15, -0.1) is 0 Å². The van der Waals surface area contributed by atoms with Gasteiger partial charge in [0, 0.05) is 17.8 Å². The van der Waals surface area contributed by atoms with Gasteiger partial charge in [-0.25, -0.2) is 8.78 Å². The molecule has 19 heavy (non-hydrogen) atoms. The summed E-state index contributed by atoms with van der Waals surface area (Å²) in [5.41, 5.74) is 6.18. The summed E-state index contributed by atoms with van der Waals surface area (Å²) in [4.78, 5) is 0. The fraction of sp³-hybridized carbons (Fsp3) is 0.143. The van der Waals surface area contributed by atoms with Crippen molar-refractivity contribution >= 4 is 5.69 Å². The summed E-state index contributed by atoms with van der Waals surface area (Å²) in [6.07, 6.45) is 0. The van der Waals surface area contributed by atoms with E-state index >= 15 is 0 Å². The molecule has 0 amide bonds. The van der Waals surface area contributed by atoms with Crippen molar-refractivity contribution in [3.05, 3.63) is 54.1 Å². The van der Waals surface area contributed by atoms with E-state index in [0.717, 1.165) is 18.2 Å². The Morgan fingerprint density at radius 2 is 1.74 bits per heavy atom. The molecule has 2 rings (SSSR count). The Kier molecular flexibility index (Phi) is 4.18. The zero-order valence-electron chi connectivity index (χ0n) is 10.1. The molecule has 0 atom stereocenters. The van der Waals surface area contributed by atoms with Gasteiger partial charge in [0.15, 0.2) is 11.6 Å². The van der Waals surface area contributed by atoms with Crippen molar-refractivity contribution in [3.63, 3.8) is 0 Å². The molecule has 0 aliphatic rings. The van der Waals surface area contributed by atoms with Gasteiger partial charge in [-0.05, 0) is 24.3 Å². The van der Waals surface area contributed by atoms with E-state index in [1.54, 1.807) is 24.3 Å². The molecule has 0 spiro atoms. The maximum Gasteiger partial charge on any atom is 0.165 e. The molecule has 0 unspecified atom stereocenters. The fourth-order valence-corrected chi connectivity index (χ4v) is 1.50. The number of anilines is 1. The van der Waals surface area contributed by atoms with Crippen LogP contribution in [0.3, 0.4) is 0 Å². The monoisotopic (exact) mass is 265 g/mol. The van der Waals surface area contributed by atoms with E-state index in [1.165, 1.54) is 0 Å². The highest BCUT2D eigenvalue weighted by Crippen LogP contribution is 2.18. The highest BCUT2D eigenvalue weighted by atomic mass is 19.1. The van der Waals surface area contributed by atoms with Crippen molar-refractivity contribution in [2.45, 2.75) is 0 Å². The van der Waals surface area contributed by atoms with Gasteiger partial charge in [-0.2, -0.15) is 0 Å². The smallest absolute Gasteiger partial charge is 0.165 e. The number of halogens is 2. The second-order valence-electron chi connectivity index (χ2n) is 3.84. The van der Waals surface area contributed by atoms with Gasteiger partial charge in [-0.3, -0.25) is 0 Å². The summed E-state index contributed by atoms with van der Waals surface area (Å²) in [7, 11) is 0. The van der Waals surface area contributed by atoms with E-state index in [4.69, 9.17) is 15.2 Å². The van der Waals surface area contributed by atoms with Crippen molar-refractivity contribution in [1.29, 1.82) is 0 Å². The number of benzene rings is 2. The van der Waals surface area contributed by atoms with Crippen molar-refractivity contribution in [3.8, 4) is 11.5 Å². The molecule has 2 aromatic rings. The van der Waals surface area contributed by atoms with E-state index in [1.807, 2.05) is 0 Å². The van der Waals surface area contributed by atoms with Crippen LogP contribution in [0.1, 0.15) is 0 Å². The van der Waals surface area contributed by atoms with Crippen LogP contribution < -0.4 is 15.2 Å². The first kappa shape index (κ1) is 13.1. The fourth-order valence-electron chi connectivity index (χ4n) is 1.50. The second kappa shape index (κ2) is 6.04. The lowest BCUT2D eigenvalue weighted by Gasteiger charge is -2.09. The molecule has 2 N–H and O–H groups in total. The first-order valence-electron chi connectivity index (χ1n) is 5.71. The molecule has 0 aromatic heterocycles. The van der Waals surface area contributed by atoms with Gasteiger partial charge in [0.05, 0.1) is 0 Å². The second-order valence-corrected chi connectivity index (χ2v) is 3.84. The zero-order chi connectivity index (χ0) is 13.7. The molecule has 0 aliphatic heterocycles. The summed E-state index contributed by atoms with van der Waals surface area (Å²) >= 11 is 0. The number of hydrogen-bond donors (Lipinski definition) is 1. The summed E-state index contributed by atoms with van der Waals surface area (Å²) in [5.74, 6) is -0.682. The van der Waals surface area contributed by atoms with Gasteiger partial charge in [0.1, 0.15) is 24.8 Å². The predicted molar refractivity (Wildman–Crippen MR) is 68.2 cm³/mol. The highest BCUT2D eigenvalue weighted by molar-refractivity contribution is 5.43. The van der Waals surface area contributed by atoms with Crippen LogP contribution in [0.4, 0.5) is 14.5 Å². The average Bonchev–Trinajstić information content (AvgIpc) is 2.39. The molecule has 100 valence electrons. The SMILES string of the molecule is Nc1cccc(OCCOc2cc(F)ccc2F)c1. The normalized spacial score (nSPS) is 10.2. The van der Waals surface area contributed by atoms with Crippen LogP contribution in [0.25, 0.3) is 0 Å². The quantitative estimate of drug-likeness (QED) is 0.667. The standard InChI is InChI=1S/C14H13F2NO2/c15-10-4-5-13(16)14(8-10)19-7-6-18-12-3-1-2-11(17)9-12/h1-5,8-9H,6-7,17H2. The zero-order valence-corrected chi connectivity index (χ0v) is 10.1. The van der Waals surface area contributed by atoms with Gasteiger partial charge >= 0.3 is 0 Å². The Bertz CT molecular complexity index is 561. The third-order valence-electron chi connectivity index (χ3n) is 2.36. The van der Waals surface area contributed by atoms with Crippen LogP contribution in [0.2, 0.25) is 0 Å². The summed E-state index contributed by atoms with van der Waals surface area (Å²) in [6, 6.07) is 9.97. The Balaban J connectivity index is 1.82. The first-order valence-corrected chi connectivity index (χ1v) is 5.71. The first-order chi connectivity index (χ1) is 9.15. The minimum absolute atomic E-state index is 0.106. The summed E-state index contributed by atoms with van der Waals surface area (Å²) < 4.78 is 36.6. The van der Waals surface area contributed by atoms with Crippen LogP contribution in [0, 0.1) is 11.6 Å². The minimum Gasteiger partial charge on any atom is -0.490 e. The largest absolute Gasteiger partial charge is 0.490 e. The Morgan fingerprint density at radius 3 is 2.53 bits per heavy atom. The maximum atomic E-state index is 13.2. The maximum absolute atomic E-state index is 13.2. The highest BCUT2D eigenvalue weighted by Gasteiger charge is 2.04. The molecular weight excluding hydrogens is 252 g/mol. The van der Waals surface area contributed by atoms with Crippen molar-refractivity contribution in [2.24, 2.45) is 0 Å². The Labute approximate surface area is 109 Å². The summed E-state index contributed by atoms with van der Waals surface area (Å²) in [6.45, 7) is 0.314. The third-order valence-corrected chi connectivity index (χ3v) is 2.36. The van der Waals surface area contributed by atoms with Crippen molar-refractivity contribution in [2.75, 3.05) is 18.9 Å². The van der Waals surface area contributed by atoms with Crippen LogP contribution in [-0.4, -0.2) is 13.2 Å². The lowest BCUT2D eigenvalue weighted by atomic mass is 10.3. The molecule has 0 aliphatic carbocycles. The summed E-state index contributed by atoms with van der Waals surface area (Å²) in [5, 5.41) is 0. The molecule has 0 radical (unpaired) electrons. The topological polar surface area (TPSA) is 44.5 Å². The van der Waals surface area contributed by atoms with E-state index in [2.05, 4.69) is 0 Å². The Morgan fingerprint density at radius 1 is 0.947 bits per heavy atom. The van der Waals surface area contributed by atoms with Gasteiger partial charge in [0.25, 0.3) is 0 Å². The van der Waals surface area contributed by atoms with E-state index in [9.17, 15) is 8.78 Å². The van der Waals surface area contributed by atoms with E-state index < -0.39 is 11.6 Å².